The summed E-state index contributed by atoms with van der Waals surface area (Å²) in [6.45, 7) is 4.39. The van der Waals surface area contributed by atoms with Crippen LogP contribution >= 0.6 is 0 Å². The molecule has 0 saturated heterocycles. The SMILES string of the molecule is CCCCCCCOc1ccc(C2C(C#N)=C(N)Oc3cc(OC(=O)C(C)Oc4ccc(F)cc4)ccc32)cc1. The molecule has 2 unspecified atom stereocenters. The van der Waals surface area contributed by atoms with Crippen molar-refractivity contribution in [3.63, 3.8) is 0 Å². The molecule has 3 aromatic carbocycles. The summed E-state index contributed by atoms with van der Waals surface area (Å²) in [6.07, 6.45) is 4.89. The molecule has 8 heteroatoms. The number of nitriles is 1. The lowest BCUT2D eigenvalue weighted by Gasteiger charge is -2.27. The fourth-order valence-corrected chi connectivity index (χ4v) is 4.46. The van der Waals surface area contributed by atoms with Crippen LogP contribution in [0.4, 0.5) is 4.39 Å². The number of nitrogens with zero attached hydrogens (tertiary/aromatic N) is 1. The molecule has 0 aliphatic carbocycles. The highest BCUT2D eigenvalue weighted by Crippen LogP contribution is 2.43. The molecule has 0 amide bonds. The summed E-state index contributed by atoms with van der Waals surface area (Å²) >= 11 is 0. The minimum absolute atomic E-state index is 0.0103. The monoisotopic (exact) mass is 544 g/mol. The lowest BCUT2D eigenvalue weighted by Crippen LogP contribution is -2.28. The second-order valence-electron chi connectivity index (χ2n) is 9.59. The maximum Gasteiger partial charge on any atom is 0.352 e. The Bertz CT molecular complexity index is 1380. The first-order valence-corrected chi connectivity index (χ1v) is 13.5. The standard InChI is InChI=1S/C32H33FN2O5/c1-3-4-5-6-7-18-37-24-12-8-22(9-13-24)30-27-17-16-26(19-29(27)40-31(35)28(30)20-34)39-32(36)21(2)38-25-14-10-23(33)11-15-25/h8-17,19,21,30H,3-7,18,35H2,1-2H3. The number of benzene rings is 3. The van der Waals surface area contributed by atoms with E-state index in [9.17, 15) is 14.4 Å². The van der Waals surface area contributed by atoms with Crippen molar-refractivity contribution >= 4 is 5.97 Å². The normalized spacial score (nSPS) is 14.9. The van der Waals surface area contributed by atoms with E-state index in [0.717, 1.165) is 24.2 Å². The molecule has 0 bridgehead atoms. The van der Waals surface area contributed by atoms with Gasteiger partial charge in [-0.15, -0.1) is 0 Å². The molecule has 1 heterocycles. The van der Waals surface area contributed by atoms with Crippen LogP contribution in [0.2, 0.25) is 0 Å². The Morgan fingerprint density at radius 3 is 2.38 bits per heavy atom. The first kappa shape index (κ1) is 28.5. The molecule has 1 aliphatic rings. The molecule has 208 valence electrons. The van der Waals surface area contributed by atoms with Crippen LogP contribution in [0, 0.1) is 17.1 Å². The van der Waals surface area contributed by atoms with Crippen LogP contribution in [0.5, 0.6) is 23.0 Å². The van der Waals surface area contributed by atoms with Gasteiger partial charge >= 0.3 is 5.97 Å². The second kappa shape index (κ2) is 13.5. The van der Waals surface area contributed by atoms with Gasteiger partial charge in [-0.1, -0.05) is 50.8 Å². The van der Waals surface area contributed by atoms with Gasteiger partial charge in [0.1, 0.15) is 40.5 Å². The van der Waals surface area contributed by atoms with Crippen molar-refractivity contribution in [3.05, 3.63) is 95.1 Å². The van der Waals surface area contributed by atoms with E-state index >= 15 is 0 Å². The van der Waals surface area contributed by atoms with Gasteiger partial charge < -0.3 is 24.7 Å². The van der Waals surface area contributed by atoms with Crippen molar-refractivity contribution < 1.29 is 28.1 Å². The predicted molar refractivity (Wildman–Crippen MR) is 149 cm³/mol. The minimum atomic E-state index is -0.942. The van der Waals surface area contributed by atoms with Crippen LogP contribution in [0.1, 0.15) is 63.0 Å². The minimum Gasteiger partial charge on any atom is -0.494 e. The lowest BCUT2D eigenvalue weighted by atomic mass is 9.83. The molecule has 1 aliphatic heterocycles. The fraction of sp³-hybridized carbons (Fsp3) is 0.312. The maximum absolute atomic E-state index is 13.1. The lowest BCUT2D eigenvalue weighted by molar-refractivity contribution is -0.141. The molecule has 3 aromatic rings. The van der Waals surface area contributed by atoms with Gasteiger partial charge in [0.2, 0.25) is 5.88 Å². The number of halogens is 1. The average molecular weight is 545 g/mol. The van der Waals surface area contributed by atoms with Gasteiger partial charge in [0.15, 0.2) is 6.10 Å². The molecular weight excluding hydrogens is 511 g/mol. The molecule has 4 rings (SSSR count). The van der Waals surface area contributed by atoms with Crippen molar-refractivity contribution in [2.24, 2.45) is 5.73 Å². The van der Waals surface area contributed by atoms with Crippen LogP contribution in [0.25, 0.3) is 0 Å². The molecule has 0 aromatic heterocycles. The number of nitrogens with two attached hydrogens (primary N) is 1. The Labute approximate surface area is 233 Å². The molecule has 0 spiro atoms. The summed E-state index contributed by atoms with van der Waals surface area (Å²) in [6, 6.07) is 20.1. The van der Waals surface area contributed by atoms with Crippen molar-refractivity contribution in [1.82, 2.24) is 0 Å². The average Bonchev–Trinajstić information content (AvgIpc) is 2.95. The quantitative estimate of drug-likeness (QED) is 0.152. The zero-order valence-electron chi connectivity index (χ0n) is 22.7. The van der Waals surface area contributed by atoms with E-state index in [4.69, 9.17) is 24.7 Å². The van der Waals surface area contributed by atoms with Crippen molar-refractivity contribution in [2.45, 2.75) is 58.0 Å². The van der Waals surface area contributed by atoms with Crippen LogP contribution in [0.3, 0.4) is 0 Å². The third-order valence-electron chi connectivity index (χ3n) is 6.60. The third kappa shape index (κ3) is 7.11. The highest BCUT2D eigenvalue weighted by Gasteiger charge is 2.31. The van der Waals surface area contributed by atoms with E-state index in [1.54, 1.807) is 18.2 Å². The number of carbonyl (C=O) groups is 1. The van der Waals surface area contributed by atoms with Gasteiger partial charge in [-0.05, 0) is 61.4 Å². The molecular formula is C32H33FN2O5. The number of carbonyl (C=O) groups excluding carboxylic acids is 1. The van der Waals surface area contributed by atoms with E-state index < -0.39 is 23.8 Å². The molecule has 0 saturated carbocycles. The van der Waals surface area contributed by atoms with Gasteiger partial charge in [0, 0.05) is 11.6 Å². The molecule has 2 atom stereocenters. The number of ether oxygens (including phenoxy) is 4. The summed E-state index contributed by atoms with van der Waals surface area (Å²) in [5.74, 6) is 0.207. The Hall–Kier alpha value is -4.51. The summed E-state index contributed by atoms with van der Waals surface area (Å²) < 4.78 is 35.8. The molecule has 40 heavy (non-hydrogen) atoms. The van der Waals surface area contributed by atoms with E-state index in [0.29, 0.717) is 29.2 Å². The Kier molecular flexibility index (Phi) is 9.63. The number of allylic oxidation sites excluding steroid dienone is 1. The highest BCUT2D eigenvalue weighted by atomic mass is 19.1. The third-order valence-corrected chi connectivity index (χ3v) is 6.60. The first-order valence-electron chi connectivity index (χ1n) is 13.5. The van der Waals surface area contributed by atoms with Crippen molar-refractivity contribution in [2.75, 3.05) is 6.61 Å². The molecule has 2 N–H and O–H groups in total. The van der Waals surface area contributed by atoms with Gasteiger partial charge in [0.05, 0.1) is 12.5 Å². The Balaban J connectivity index is 1.45. The van der Waals surface area contributed by atoms with Crippen LogP contribution in [0.15, 0.2) is 78.2 Å². The Morgan fingerprint density at radius 1 is 1.00 bits per heavy atom. The topological polar surface area (TPSA) is 104 Å². The number of esters is 1. The van der Waals surface area contributed by atoms with Gasteiger partial charge in [-0.3, -0.25) is 0 Å². The van der Waals surface area contributed by atoms with E-state index in [2.05, 4.69) is 13.0 Å². The highest BCUT2D eigenvalue weighted by molar-refractivity contribution is 5.77. The van der Waals surface area contributed by atoms with E-state index in [1.165, 1.54) is 50.5 Å². The molecule has 0 radical (unpaired) electrons. The number of hydrogen-bond acceptors (Lipinski definition) is 7. The van der Waals surface area contributed by atoms with E-state index in [1.807, 2.05) is 24.3 Å². The smallest absolute Gasteiger partial charge is 0.352 e. The second-order valence-corrected chi connectivity index (χ2v) is 9.59. The Morgan fingerprint density at radius 2 is 1.68 bits per heavy atom. The zero-order chi connectivity index (χ0) is 28.5. The van der Waals surface area contributed by atoms with Crippen LogP contribution < -0.4 is 24.7 Å². The first-order chi connectivity index (χ1) is 19.4. The van der Waals surface area contributed by atoms with Crippen LogP contribution in [-0.2, 0) is 4.79 Å². The maximum atomic E-state index is 13.1. The van der Waals surface area contributed by atoms with E-state index in [-0.39, 0.29) is 11.6 Å². The van der Waals surface area contributed by atoms with Gasteiger partial charge in [-0.2, -0.15) is 5.26 Å². The summed E-state index contributed by atoms with van der Waals surface area (Å²) in [5.41, 5.74) is 7.99. The zero-order valence-corrected chi connectivity index (χ0v) is 22.7. The largest absolute Gasteiger partial charge is 0.494 e. The summed E-state index contributed by atoms with van der Waals surface area (Å²) in [5, 5.41) is 9.85. The number of rotatable bonds is 12. The summed E-state index contributed by atoms with van der Waals surface area (Å²) in [4.78, 5) is 12.6. The predicted octanol–water partition coefficient (Wildman–Crippen LogP) is 6.77. The van der Waals surface area contributed by atoms with Crippen molar-refractivity contribution in [3.8, 4) is 29.1 Å². The number of hydrogen-bond donors (Lipinski definition) is 1. The molecule has 7 nitrogen and oxygen atoms in total. The van der Waals surface area contributed by atoms with Gasteiger partial charge in [-0.25, -0.2) is 9.18 Å². The van der Waals surface area contributed by atoms with Gasteiger partial charge in [0.25, 0.3) is 0 Å². The van der Waals surface area contributed by atoms with Crippen molar-refractivity contribution in [1.29, 1.82) is 5.26 Å². The van der Waals surface area contributed by atoms with Crippen LogP contribution in [-0.4, -0.2) is 18.7 Å². The molecule has 0 fully saturated rings. The number of unbranched alkanes of at least 4 members (excludes halogenated alkanes) is 4. The number of fused-ring (bicyclic) bond motifs is 1. The fourth-order valence-electron chi connectivity index (χ4n) is 4.46. The summed E-state index contributed by atoms with van der Waals surface area (Å²) in [7, 11) is 0.